The zero-order valence-electron chi connectivity index (χ0n) is 17.8. The predicted molar refractivity (Wildman–Crippen MR) is 129 cm³/mol. The Bertz CT molecular complexity index is 1060. The summed E-state index contributed by atoms with van der Waals surface area (Å²) < 4.78 is 17.7. The van der Waals surface area contributed by atoms with Crippen LogP contribution in [0.25, 0.3) is 0 Å². The largest absolute Gasteiger partial charge is 0.493 e. The third-order valence-corrected chi connectivity index (χ3v) is 4.87. The molecule has 32 heavy (non-hydrogen) atoms. The van der Waals surface area contributed by atoms with Gasteiger partial charge in [-0.25, -0.2) is 10.2 Å². The number of hydrazone groups is 1. The molecular weight excluding hydrogens is 474 g/mol. The fourth-order valence-electron chi connectivity index (χ4n) is 2.74. The van der Waals surface area contributed by atoms with Crippen molar-refractivity contribution in [2.45, 2.75) is 6.92 Å². The number of halogens is 1. The second kappa shape index (κ2) is 11.8. The van der Waals surface area contributed by atoms with Crippen LogP contribution in [0.3, 0.4) is 0 Å². The zero-order chi connectivity index (χ0) is 22.8. The number of carbonyl (C=O) groups excluding carboxylic acids is 1. The number of hydrogen-bond acceptors (Lipinski definition) is 5. The second-order valence-corrected chi connectivity index (χ2v) is 7.59. The van der Waals surface area contributed by atoms with Gasteiger partial charge < -0.3 is 19.5 Å². The molecule has 7 nitrogen and oxygen atoms in total. The molecule has 2 N–H and O–H groups in total. The van der Waals surface area contributed by atoms with Crippen molar-refractivity contribution in [3.63, 3.8) is 0 Å². The number of nitrogens with zero attached hydrogens (tertiary/aromatic N) is 1. The van der Waals surface area contributed by atoms with E-state index in [0.717, 1.165) is 11.3 Å². The molecule has 2 amide bonds. The van der Waals surface area contributed by atoms with Gasteiger partial charge in [0.2, 0.25) is 0 Å². The van der Waals surface area contributed by atoms with Crippen LogP contribution in [0, 0.1) is 6.92 Å². The molecule has 0 atom stereocenters. The van der Waals surface area contributed by atoms with Crippen LogP contribution >= 0.6 is 15.9 Å². The van der Waals surface area contributed by atoms with Gasteiger partial charge in [-0.1, -0.05) is 35.9 Å². The summed E-state index contributed by atoms with van der Waals surface area (Å²) in [5.41, 5.74) is 5.00. The second-order valence-electron chi connectivity index (χ2n) is 6.73. The summed E-state index contributed by atoms with van der Waals surface area (Å²) in [4.78, 5) is 11.9. The highest BCUT2D eigenvalue weighted by molar-refractivity contribution is 9.10. The Morgan fingerprint density at radius 2 is 1.75 bits per heavy atom. The van der Waals surface area contributed by atoms with Crippen molar-refractivity contribution in [3.05, 3.63) is 82.3 Å². The molecular formula is C24H24BrN3O4. The molecule has 0 unspecified atom stereocenters. The summed E-state index contributed by atoms with van der Waals surface area (Å²) >= 11 is 3.50. The lowest BCUT2D eigenvalue weighted by Gasteiger charge is -2.14. The number of benzene rings is 3. The number of aryl methyl sites for hydroxylation is 1. The van der Waals surface area contributed by atoms with Gasteiger partial charge in [-0.3, -0.25) is 0 Å². The Kier molecular flexibility index (Phi) is 8.51. The minimum Gasteiger partial charge on any atom is -0.493 e. The molecule has 3 rings (SSSR count). The van der Waals surface area contributed by atoms with E-state index in [1.807, 2.05) is 55.5 Å². The molecule has 0 bridgehead atoms. The van der Waals surface area contributed by atoms with Crippen LogP contribution in [0.5, 0.6) is 17.2 Å². The summed E-state index contributed by atoms with van der Waals surface area (Å²) in [6.07, 6.45) is 1.52. The van der Waals surface area contributed by atoms with E-state index in [1.165, 1.54) is 11.8 Å². The first-order valence-electron chi connectivity index (χ1n) is 9.90. The molecule has 8 heteroatoms. The van der Waals surface area contributed by atoms with Crippen molar-refractivity contribution < 1.29 is 19.0 Å². The lowest BCUT2D eigenvalue weighted by Crippen LogP contribution is -2.24. The normalized spacial score (nSPS) is 10.6. The molecule has 0 aliphatic carbocycles. The van der Waals surface area contributed by atoms with E-state index in [-0.39, 0.29) is 0 Å². The van der Waals surface area contributed by atoms with Gasteiger partial charge in [-0.05, 0) is 64.8 Å². The van der Waals surface area contributed by atoms with Crippen LogP contribution in [-0.2, 0) is 0 Å². The predicted octanol–water partition coefficient (Wildman–Crippen LogP) is 5.38. The fraction of sp³-hybridized carbons (Fsp3) is 0.167. The van der Waals surface area contributed by atoms with Crippen molar-refractivity contribution in [1.29, 1.82) is 0 Å². The van der Waals surface area contributed by atoms with Crippen LogP contribution in [0.15, 0.2) is 76.3 Å². The Hall–Kier alpha value is -3.52. The highest BCUT2D eigenvalue weighted by Crippen LogP contribution is 2.36. The molecule has 0 saturated heterocycles. The molecule has 0 fully saturated rings. The summed E-state index contributed by atoms with van der Waals surface area (Å²) in [5, 5.41) is 6.66. The fourth-order valence-corrected chi connectivity index (χ4v) is 3.31. The van der Waals surface area contributed by atoms with Gasteiger partial charge in [0.15, 0.2) is 11.5 Å². The number of methoxy groups -OCH3 is 1. The van der Waals surface area contributed by atoms with Gasteiger partial charge in [0.1, 0.15) is 19.0 Å². The molecule has 3 aromatic carbocycles. The average molecular weight is 498 g/mol. The summed E-state index contributed by atoms with van der Waals surface area (Å²) in [6.45, 7) is 2.76. The number of carbonyl (C=O) groups is 1. The lowest BCUT2D eigenvalue weighted by atomic mass is 10.2. The van der Waals surface area contributed by atoms with Gasteiger partial charge in [0, 0.05) is 5.69 Å². The molecule has 0 aliphatic rings. The van der Waals surface area contributed by atoms with Gasteiger partial charge in [0.05, 0.1) is 17.8 Å². The Morgan fingerprint density at radius 3 is 2.47 bits per heavy atom. The highest BCUT2D eigenvalue weighted by atomic mass is 79.9. The van der Waals surface area contributed by atoms with E-state index in [1.54, 1.807) is 25.3 Å². The Balaban J connectivity index is 1.53. The first kappa shape index (κ1) is 23.1. The molecule has 0 saturated carbocycles. The van der Waals surface area contributed by atoms with Crippen molar-refractivity contribution in [2.75, 3.05) is 25.6 Å². The highest BCUT2D eigenvalue weighted by Gasteiger charge is 2.11. The number of hydrogen-bond donors (Lipinski definition) is 2. The van der Waals surface area contributed by atoms with E-state index in [9.17, 15) is 4.79 Å². The van der Waals surface area contributed by atoms with Crippen LogP contribution in [0.4, 0.5) is 10.5 Å². The van der Waals surface area contributed by atoms with Gasteiger partial charge in [-0.2, -0.15) is 5.10 Å². The first-order chi connectivity index (χ1) is 15.5. The van der Waals surface area contributed by atoms with Crippen molar-refractivity contribution in [1.82, 2.24) is 5.43 Å². The Morgan fingerprint density at radius 1 is 1.03 bits per heavy atom. The number of para-hydroxylation sites is 1. The quantitative estimate of drug-likeness (QED) is 0.236. The minimum absolute atomic E-state index is 0.345. The third kappa shape index (κ3) is 7.02. The minimum atomic E-state index is -0.438. The summed E-state index contributed by atoms with van der Waals surface area (Å²) in [7, 11) is 1.56. The van der Waals surface area contributed by atoms with Crippen molar-refractivity contribution in [3.8, 4) is 17.2 Å². The smallest absolute Gasteiger partial charge is 0.339 e. The SMILES string of the molecule is COc1cc(/C=N/NC(=O)Nc2ccccc2)cc(Br)c1OCCOc1ccc(C)cc1. The maximum atomic E-state index is 11.9. The average Bonchev–Trinajstić information content (AvgIpc) is 2.79. The van der Waals surface area contributed by atoms with Gasteiger partial charge >= 0.3 is 6.03 Å². The van der Waals surface area contributed by atoms with Crippen LogP contribution in [0.2, 0.25) is 0 Å². The van der Waals surface area contributed by atoms with Crippen LogP contribution in [-0.4, -0.2) is 32.6 Å². The summed E-state index contributed by atoms with van der Waals surface area (Å²) in [5.74, 6) is 1.89. The number of anilines is 1. The first-order valence-corrected chi connectivity index (χ1v) is 10.7. The van der Waals surface area contributed by atoms with Gasteiger partial charge in [0.25, 0.3) is 0 Å². The van der Waals surface area contributed by atoms with E-state index in [0.29, 0.717) is 34.9 Å². The van der Waals surface area contributed by atoms with E-state index >= 15 is 0 Å². The standard InChI is InChI=1S/C24H24BrN3O4/c1-17-8-10-20(11-9-17)31-12-13-32-23-21(25)14-18(15-22(23)30-2)16-26-28-24(29)27-19-6-4-3-5-7-19/h3-11,14-16H,12-13H2,1-2H3,(H2,27,28,29)/b26-16+. The molecule has 0 radical (unpaired) electrons. The van der Waals surface area contributed by atoms with E-state index in [4.69, 9.17) is 14.2 Å². The van der Waals surface area contributed by atoms with E-state index < -0.39 is 6.03 Å². The topological polar surface area (TPSA) is 81.2 Å². The molecule has 3 aromatic rings. The molecule has 0 heterocycles. The number of rotatable bonds is 9. The zero-order valence-corrected chi connectivity index (χ0v) is 19.4. The van der Waals surface area contributed by atoms with Gasteiger partial charge in [-0.15, -0.1) is 0 Å². The maximum Gasteiger partial charge on any atom is 0.339 e. The number of ether oxygens (including phenoxy) is 3. The van der Waals surface area contributed by atoms with Crippen molar-refractivity contribution in [2.24, 2.45) is 5.10 Å². The van der Waals surface area contributed by atoms with Crippen LogP contribution in [0.1, 0.15) is 11.1 Å². The molecule has 0 spiro atoms. The summed E-state index contributed by atoms with van der Waals surface area (Å²) in [6, 6.07) is 20.1. The lowest BCUT2D eigenvalue weighted by molar-refractivity contribution is 0.210. The number of urea groups is 1. The van der Waals surface area contributed by atoms with Crippen molar-refractivity contribution >= 4 is 33.9 Å². The Labute approximate surface area is 195 Å². The monoisotopic (exact) mass is 497 g/mol. The van der Waals surface area contributed by atoms with Crippen LogP contribution < -0.4 is 25.0 Å². The number of nitrogens with one attached hydrogen (secondary N) is 2. The molecule has 0 aliphatic heterocycles. The van der Waals surface area contributed by atoms with E-state index in [2.05, 4.69) is 31.8 Å². The maximum absolute atomic E-state index is 11.9. The molecule has 0 aromatic heterocycles. The number of amides is 2. The third-order valence-electron chi connectivity index (χ3n) is 4.28. The molecule has 166 valence electrons.